The topological polar surface area (TPSA) is 50.2 Å². The van der Waals surface area contributed by atoms with Gasteiger partial charge >= 0.3 is 0 Å². The molecule has 1 aromatic carbocycles. The summed E-state index contributed by atoms with van der Waals surface area (Å²) < 4.78 is 14.9. The quantitative estimate of drug-likeness (QED) is 0.933. The lowest BCUT2D eigenvalue weighted by molar-refractivity contribution is 0.0747. The molecule has 6 heteroatoms. The molecule has 1 amide bonds. The number of amides is 1. The smallest absolute Gasteiger partial charge is 0.257 e. The van der Waals surface area contributed by atoms with Crippen LogP contribution in [0, 0.1) is 5.82 Å². The minimum atomic E-state index is -0.280. The van der Waals surface area contributed by atoms with Gasteiger partial charge in [-0.15, -0.1) is 0 Å². The first kappa shape index (κ1) is 16.3. The molecule has 0 spiro atoms. The molecule has 2 unspecified atom stereocenters. The van der Waals surface area contributed by atoms with Crippen LogP contribution in [-0.2, 0) is 6.42 Å². The predicted molar refractivity (Wildman–Crippen MR) is 93.4 cm³/mol. The number of likely N-dealkylation sites (tertiary alicyclic amines) is 1. The Kier molecular flexibility index (Phi) is 4.29. The van der Waals surface area contributed by atoms with E-state index in [0.29, 0.717) is 24.1 Å². The van der Waals surface area contributed by atoms with Gasteiger partial charge in [0.25, 0.3) is 5.91 Å². The van der Waals surface area contributed by atoms with Crippen LogP contribution in [0.3, 0.4) is 0 Å². The number of aromatic nitrogens is 2. The van der Waals surface area contributed by atoms with Crippen molar-refractivity contribution in [1.29, 1.82) is 0 Å². The predicted octanol–water partition coefficient (Wildman–Crippen LogP) is 2.54. The van der Waals surface area contributed by atoms with Crippen molar-refractivity contribution in [1.82, 2.24) is 20.0 Å². The van der Waals surface area contributed by atoms with Gasteiger partial charge in [-0.2, -0.15) is 5.10 Å². The van der Waals surface area contributed by atoms with Crippen molar-refractivity contribution in [3.8, 4) is 5.69 Å². The number of halogens is 1. The van der Waals surface area contributed by atoms with Crippen LogP contribution in [0.25, 0.3) is 5.69 Å². The average molecular weight is 342 g/mol. The summed E-state index contributed by atoms with van der Waals surface area (Å²) in [7, 11) is 0. The van der Waals surface area contributed by atoms with Crippen LogP contribution in [0.1, 0.15) is 42.2 Å². The molecule has 2 aliphatic heterocycles. The number of hydrogen-bond acceptors (Lipinski definition) is 3. The molecular formula is C19H23FN4O. The van der Waals surface area contributed by atoms with Gasteiger partial charge in [0.05, 0.1) is 23.1 Å². The first-order chi connectivity index (χ1) is 12.2. The number of hydrogen-bond donors (Lipinski definition) is 1. The summed E-state index contributed by atoms with van der Waals surface area (Å²) >= 11 is 0. The van der Waals surface area contributed by atoms with Gasteiger partial charge in [0.2, 0.25) is 0 Å². The molecule has 2 saturated heterocycles. The summed E-state index contributed by atoms with van der Waals surface area (Å²) in [6, 6.07) is 7.16. The van der Waals surface area contributed by atoms with Crippen molar-refractivity contribution in [2.45, 2.75) is 44.7 Å². The highest BCUT2D eigenvalue weighted by Crippen LogP contribution is 2.23. The Balaban J connectivity index is 1.61. The molecule has 4 rings (SSSR count). The normalized spacial score (nSPS) is 22.9. The van der Waals surface area contributed by atoms with Crippen LogP contribution in [0.4, 0.5) is 4.39 Å². The molecule has 2 fully saturated rings. The van der Waals surface area contributed by atoms with Crippen LogP contribution in [0.15, 0.2) is 30.5 Å². The number of nitrogens with zero attached hydrogens (tertiary/aromatic N) is 3. The number of benzene rings is 1. The molecule has 5 nitrogen and oxygen atoms in total. The molecule has 132 valence electrons. The highest BCUT2D eigenvalue weighted by Gasteiger charge is 2.32. The third-order valence-corrected chi connectivity index (χ3v) is 5.32. The first-order valence-electron chi connectivity index (χ1n) is 9.04. The molecule has 3 heterocycles. The number of nitrogens with one attached hydrogen (secondary N) is 1. The molecule has 0 saturated carbocycles. The second-order valence-corrected chi connectivity index (χ2v) is 6.92. The fourth-order valence-corrected chi connectivity index (χ4v) is 4.00. The average Bonchev–Trinajstić information content (AvgIpc) is 3.18. The Morgan fingerprint density at radius 3 is 2.76 bits per heavy atom. The minimum Gasteiger partial charge on any atom is -0.337 e. The zero-order chi connectivity index (χ0) is 17.4. The Hall–Kier alpha value is -2.21. The van der Waals surface area contributed by atoms with Gasteiger partial charge in [-0.1, -0.05) is 6.92 Å². The fourth-order valence-electron chi connectivity index (χ4n) is 4.00. The van der Waals surface area contributed by atoms with Crippen molar-refractivity contribution in [3.05, 3.63) is 47.5 Å². The van der Waals surface area contributed by atoms with Crippen molar-refractivity contribution >= 4 is 5.91 Å². The molecule has 2 aromatic rings. The van der Waals surface area contributed by atoms with Gasteiger partial charge in [0, 0.05) is 25.2 Å². The van der Waals surface area contributed by atoms with Crippen LogP contribution in [-0.4, -0.2) is 45.8 Å². The fraction of sp³-hybridized carbons (Fsp3) is 0.474. The molecule has 2 aliphatic rings. The zero-order valence-electron chi connectivity index (χ0n) is 14.4. The molecule has 1 aromatic heterocycles. The standard InChI is InChI=1S/C19H23FN4O/c1-2-18-17(11-21-24(18)16-7-3-13(20)4-8-16)19(25)23-10-9-14-5-6-15(12-23)22-14/h3-4,7-8,11,14-15,22H,2,5-6,9-10,12H2,1H3. The van der Waals surface area contributed by atoms with E-state index in [4.69, 9.17) is 0 Å². The number of carbonyl (C=O) groups is 1. The summed E-state index contributed by atoms with van der Waals surface area (Å²) in [6.45, 7) is 3.57. The van der Waals surface area contributed by atoms with Crippen molar-refractivity contribution in [2.75, 3.05) is 13.1 Å². The van der Waals surface area contributed by atoms with Gasteiger partial charge in [-0.25, -0.2) is 9.07 Å². The van der Waals surface area contributed by atoms with E-state index in [-0.39, 0.29) is 11.7 Å². The van der Waals surface area contributed by atoms with Crippen molar-refractivity contribution < 1.29 is 9.18 Å². The third kappa shape index (κ3) is 3.06. The van der Waals surface area contributed by atoms with E-state index < -0.39 is 0 Å². The highest BCUT2D eigenvalue weighted by atomic mass is 19.1. The number of fused-ring (bicyclic) bond motifs is 2. The maximum atomic E-state index is 13.2. The van der Waals surface area contributed by atoms with E-state index in [2.05, 4.69) is 10.4 Å². The van der Waals surface area contributed by atoms with E-state index in [1.807, 2.05) is 11.8 Å². The van der Waals surface area contributed by atoms with Crippen LogP contribution < -0.4 is 5.32 Å². The zero-order valence-corrected chi connectivity index (χ0v) is 14.4. The molecule has 0 radical (unpaired) electrons. The number of rotatable bonds is 3. The lowest BCUT2D eigenvalue weighted by Crippen LogP contribution is -2.39. The molecule has 1 N–H and O–H groups in total. The SMILES string of the molecule is CCc1c(C(=O)N2CCC3CCC(C2)N3)cnn1-c1ccc(F)cc1. The first-order valence-corrected chi connectivity index (χ1v) is 9.04. The van der Waals surface area contributed by atoms with Crippen molar-refractivity contribution in [3.63, 3.8) is 0 Å². The van der Waals surface area contributed by atoms with Gasteiger partial charge < -0.3 is 10.2 Å². The van der Waals surface area contributed by atoms with E-state index in [1.165, 1.54) is 18.6 Å². The number of carbonyl (C=O) groups excluding carboxylic acids is 1. The van der Waals surface area contributed by atoms with E-state index in [0.717, 1.165) is 37.3 Å². The summed E-state index contributed by atoms with van der Waals surface area (Å²) in [5, 5.41) is 8.01. The highest BCUT2D eigenvalue weighted by molar-refractivity contribution is 5.95. The molecule has 2 bridgehead atoms. The summed E-state index contributed by atoms with van der Waals surface area (Å²) in [5.41, 5.74) is 2.30. The minimum absolute atomic E-state index is 0.0551. The molecule has 25 heavy (non-hydrogen) atoms. The maximum Gasteiger partial charge on any atom is 0.257 e. The van der Waals surface area contributed by atoms with Gasteiger partial charge in [0.1, 0.15) is 5.82 Å². The van der Waals surface area contributed by atoms with E-state index in [1.54, 1.807) is 23.0 Å². The molecule has 2 atom stereocenters. The van der Waals surface area contributed by atoms with E-state index >= 15 is 0 Å². The third-order valence-electron chi connectivity index (χ3n) is 5.32. The van der Waals surface area contributed by atoms with Crippen LogP contribution in [0.5, 0.6) is 0 Å². The van der Waals surface area contributed by atoms with Crippen LogP contribution in [0.2, 0.25) is 0 Å². The Labute approximate surface area is 146 Å². The largest absolute Gasteiger partial charge is 0.337 e. The van der Waals surface area contributed by atoms with Gasteiger partial charge in [-0.3, -0.25) is 4.79 Å². The summed E-state index contributed by atoms with van der Waals surface area (Å²) in [4.78, 5) is 15.1. The molecule has 0 aliphatic carbocycles. The van der Waals surface area contributed by atoms with Crippen molar-refractivity contribution in [2.24, 2.45) is 0 Å². The summed E-state index contributed by atoms with van der Waals surface area (Å²) in [6.07, 6.45) is 5.72. The van der Waals surface area contributed by atoms with Crippen LogP contribution >= 0.6 is 0 Å². The lowest BCUT2D eigenvalue weighted by atomic mass is 10.1. The second kappa shape index (κ2) is 6.59. The Morgan fingerprint density at radius 1 is 1.24 bits per heavy atom. The maximum absolute atomic E-state index is 13.2. The van der Waals surface area contributed by atoms with E-state index in [9.17, 15) is 9.18 Å². The Bertz CT molecular complexity index is 770. The monoisotopic (exact) mass is 342 g/mol. The lowest BCUT2D eigenvalue weighted by Gasteiger charge is -2.24. The van der Waals surface area contributed by atoms with Gasteiger partial charge in [-0.05, 0) is 49.9 Å². The Morgan fingerprint density at radius 2 is 2.00 bits per heavy atom. The summed E-state index contributed by atoms with van der Waals surface area (Å²) in [5.74, 6) is -0.225. The second-order valence-electron chi connectivity index (χ2n) is 6.92. The van der Waals surface area contributed by atoms with Gasteiger partial charge in [0.15, 0.2) is 0 Å². The molecular weight excluding hydrogens is 319 g/mol.